The molecule has 1 aromatic rings. The number of phenolic OH excluding ortho intramolecular Hbond substituents is 1. The molecule has 3 nitrogen and oxygen atoms in total. The molecule has 2 N–H and O–H groups in total. The van der Waals surface area contributed by atoms with Crippen LogP contribution in [0.1, 0.15) is 5.56 Å². The van der Waals surface area contributed by atoms with Crippen LogP contribution in [-0.4, -0.2) is 16.2 Å². The van der Waals surface area contributed by atoms with E-state index < -0.39 is 22.6 Å². The van der Waals surface area contributed by atoms with Crippen molar-refractivity contribution in [1.82, 2.24) is 0 Å². The maximum Gasteiger partial charge on any atom is 0.307 e. The first-order chi connectivity index (χ1) is 6.00. The van der Waals surface area contributed by atoms with Crippen molar-refractivity contribution in [3.63, 3.8) is 0 Å². The lowest BCUT2D eigenvalue weighted by Gasteiger charge is -2.01. The molecule has 0 atom stereocenters. The summed E-state index contributed by atoms with van der Waals surface area (Å²) < 4.78 is 12.8. The van der Waals surface area contributed by atoms with Crippen molar-refractivity contribution in [2.45, 2.75) is 6.42 Å². The number of carboxylic acid groups (broad SMARTS) is 1. The van der Waals surface area contributed by atoms with E-state index in [2.05, 4.69) is 0 Å². The number of phenols is 1. The number of halogens is 2. The van der Waals surface area contributed by atoms with Crippen molar-refractivity contribution in [3.8, 4) is 5.75 Å². The monoisotopic (exact) mass is 204 g/mol. The average Bonchev–Trinajstić information content (AvgIpc) is 1.98. The lowest BCUT2D eigenvalue weighted by molar-refractivity contribution is -0.136. The van der Waals surface area contributed by atoms with Gasteiger partial charge >= 0.3 is 5.97 Å². The normalized spacial score (nSPS) is 10.0. The Balaban J connectivity index is 3.06. The van der Waals surface area contributed by atoms with Gasteiger partial charge in [-0.3, -0.25) is 4.79 Å². The number of aromatic hydroxyl groups is 1. The topological polar surface area (TPSA) is 57.5 Å². The molecule has 0 aliphatic heterocycles. The first-order valence-corrected chi connectivity index (χ1v) is 3.77. The molecule has 0 saturated carbocycles. The van der Waals surface area contributed by atoms with Gasteiger partial charge in [-0.1, -0.05) is 11.6 Å². The Morgan fingerprint density at radius 2 is 2.15 bits per heavy atom. The maximum absolute atomic E-state index is 12.8. The van der Waals surface area contributed by atoms with Gasteiger partial charge in [-0.25, -0.2) is 4.39 Å². The molecule has 1 aromatic carbocycles. The van der Waals surface area contributed by atoms with Gasteiger partial charge in [0.2, 0.25) is 0 Å². The summed E-state index contributed by atoms with van der Waals surface area (Å²) in [6.07, 6.45) is -0.346. The van der Waals surface area contributed by atoms with E-state index in [-0.39, 0.29) is 12.0 Å². The van der Waals surface area contributed by atoms with Crippen LogP contribution < -0.4 is 0 Å². The van der Waals surface area contributed by atoms with Crippen LogP contribution in [0.5, 0.6) is 5.75 Å². The molecular formula is C8H6ClFO3. The van der Waals surface area contributed by atoms with Crippen LogP contribution in [-0.2, 0) is 11.2 Å². The van der Waals surface area contributed by atoms with E-state index >= 15 is 0 Å². The van der Waals surface area contributed by atoms with Gasteiger partial charge < -0.3 is 10.2 Å². The smallest absolute Gasteiger partial charge is 0.307 e. The highest BCUT2D eigenvalue weighted by molar-refractivity contribution is 6.32. The second-order valence-corrected chi connectivity index (χ2v) is 2.86. The number of hydrogen-bond donors (Lipinski definition) is 2. The van der Waals surface area contributed by atoms with Crippen molar-refractivity contribution < 1.29 is 19.4 Å². The zero-order chi connectivity index (χ0) is 10.0. The number of benzene rings is 1. The van der Waals surface area contributed by atoms with E-state index in [4.69, 9.17) is 21.8 Å². The summed E-state index contributed by atoms with van der Waals surface area (Å²) in [7, 11) is 0. The third-order valence-electron chi connectivity index (χ3n) is 1.42. The minimum Gasteiger partial charge on any atom is -0.506 e. The summed E-state index contributed by atoms with van der Waals surface area (Å²) in [5.74, 6) is -2.36. The molecule has 0 aliphatic rings. The number of carboxylic acids is 1. The van der Waals surface area contributed by atoms with Crippen molar-refractivity contribution in [2.75, 3.05) is 0 Å². The molecule has 5 heteroatoms. The fraction of sp³-hybridized carbons (Fsp3) is 0.125. The molecule has 0 unspecified atom stereocenters. The summed E-state index contributed by atoms with van der Waals surface area (Å²) in [6, 6.07) is 2.11. The van der Waals surface area contributed by atoms with Crippen molar-refractivity contribution in [1.29, 1.82) is 0 Å². The Kier molecular flexibility index (Phi) is 2.72. The summed E-state index contributed by atoms with van der Waals surface area (Å²) >= 11 is 5.31. The fourth-order valence-electron chi connectivity index (χ4n) is 0.906. The molecule has 70 valence electrons. The molecule has 0 spiro atoms. The van der Waals surface area contributed by atoms with Crippen molar-refractivity contribution >= 4 is 17.6 Å². The van der Waals surface area contributed by atoms with E-state index in [1.807, 2.05) is 0 Å². The standard InChI is InChI=1S/C8H6ClFO3/c9-8-5(10)1-4(2-6(8)11)3-7(12)13/h1-2,11H,3H2,(H,12,13). The molecular weight excluding hydrogens is 199 g/mol. The molecule has 1 rings (SSSR count). The Morgan fingerprint density at radius 1 is 1.54 bits per heavy atom. The SMILES string of the molecule is O=C(O)Cc1cc(O)c(Cl)c(F)c1. The minimum atomic E-state index is -1.10. The quantitative estimate of drug-likeness (QED) is 0.773. The van der Waals surface area contributed by atoms with E-state index in [0.717, 1.165) is 12.1 Å². The summed E-state index contributed by atoms with van der Waals surface area (Å²) in [6.45, 7) is 0. The van der Waals surface area contributed by atoms with Gasteiger partial charge in [0.1, 0.15) is 16.6 Å². The van der Waals surface area contributed by atoms with Gasteiger partial charge in [0.25, 0.3) is 0 Å². The van der Waals surface area contributed by atoms with Gasteiger partial charge in [-0.2, -0.15) is 0 Å². The molecule has 13 heavy (non-hydrogen) atoms. The first-order valence-electron chi connectivity index (χ1n) is 3.39. The third-order valence-corrected chi connectivity index (χ3v) is 1.80. The zero-order valence-electron chi connectivity index (χ0n) is 6.42. The van der Waals surface area contributed by atoms with Crippen LogP contribution in [0.2, 0.25) is 5.02 Å². The van der Waals surface area contributed by atoms with Gasteiger partial charge in [0.05, 0.1) is 6.42 Å². The molecule has 0 saturated heterocycles. The summed E-state index contributed by atoms with van der Waals surface area (Å²) in [5, 5.41) is 17.0. The third kappa shape index (κ3) is 2.32. The molecule has 0 radical (unpaired) electrons. The summed E-state index contributed by atoms with van der Waals surface area (Å²) in [5.41, 5.74) is 0.173. The predicted octanol–water partition coefficient (Wildman–Crippen LogP) is 1.81. The first kappa shape index (κ1) is 9.80. The van der Waals surface area contributed by atoms with Gasteiger partial charge in [0.15, 0.2) is 0 Å². The molecule has 0 heterocycles. The fourth-order valence-corrected chi connectivity index (χ4v) is 1.01. The lowest BCUT2D eigenvalue weighted by Crippen LogP contribution is -2.00. The Morgan fingerprint density at radius 3 is 2.62 bits per heavy atom. The average molecular weight is 205 g/mol. The number of hydrogen-bond acceptors (Lipinski definition) is 2. The number of rotatable bonds is 2. The summed E-state index contributed by atoms with van der Waals surface area (Å²) in [4.78, 5) is 10.2. The minimum absolute atomic E-state index is 0.173. The molecule has 0 amide bonds. The predicted molar refractivity (Wildman–Crippen MR) is 44.4 cm³/mol. The van der Waals surface area contributed by atoms with Crippen molar-refractivity contribution in [3.05, 3.63) is 28.5 Å². The van der Waals surface area contributed by atoms with Crippen LogP contribution in [0.4, 0.5) is 4.39 Å². The molecule has 0 fully saturated rings. The van der Waals surface area contributed by atoms with Crippen molar-refractivity contribution in [2.24, 2.45) is 0 Å². The van der Waals surface area contributed by atoms with Crippen LogP contribution in [0.15, 0.2) is 12.1 Å². The highest BCUT2D eigenvalue weighted by Crippen LogP contribution is 2.27. The molecule has 0 bridgehead atoms. The van der Waals surface area contributed by atoms with E-state index in [0.29, 0.717) is 0 Å². The highest BCUT2D eigenvalue weighted by atomic mass is 35.5. The van der Waals surface area contributed by atoms with Gasteiger partial charge in [-0.15, -0.1) is 0 Å². The highest BCUT2D eigenvalue weighted by Gasteiger charge is 2.09. The van der Waals surface area contributed by atoms with E-state index in [1.54, 1.807) is 0 Å². The van der Waals surface area contributed by atoms with Gasteiger partial charge in [-0.05, 0) is 17.7 Å². The largest absolute Gasteiger partial charge is 0.506 e. The second-order valence-electron chi connectivity index (χ2n) is 2.48. The van der Waals surface area contributed by atoms with E-state index in [9.17, 15) is 9.18 Å². The van der Waals surface area contributed by atoms with Crippen LogP contribution >= 0.6 is 11.6 Å². The van der Waals surface area contributed by atoms with Gasteiger partial charge in [0, 0.05) is 0 Å². The Labute approximate surface area is 78.4 Å². The number of carbonyl (C=O) groups is 1. The van der Waals surface area contributed by atoms with E-state index in [1.165, 1.54) is 0 Å². The molecule has 0 aromatic heterocycles. The van der Waals surface area contributed by atoms with Crippen LogP contribution in [0, 0.1) is 5.82 Å². The Hall–Kier alpha value is -1.29. The molecule has 0 aliphatic carbocycles. The zero-order valence-corrected chi connectivity index (χ0v) is 7.18. The van der Waals surface area contributed by atoms with Crippen LogP contribution in [0.25, 0.3) is 0 Å². The lowest BCUT2D eigenvalue weighted by atomic mass is 10.1. The maximum atomic E-state index is 12.8. The number of aliphatic carboxylic acids is 1. The van der Waals surface area contributed by atoms with Crippen LogP contribution in [0.3, 0.4) is 0 Å². The second kappa shape index (κ2) is 3.62. The Bertz CT molecular complexity index is 328.